The highest BCUT2D eigenvalue weighted by molar-refractivity contribution is 8.67. The molecule has 0 aromatic heterocycles. The fourth-order valence-electron chi connectivity index (χ4n) is 1.33. The van der Waals surface area contributed by atoms with Gasteiger partial charge in [-0.25, -0.2) is 4.31 Å². The topological polar surface area (TPSA) is 3.24 Å². The number of rotatable bonds is 2. The minimum atomic E-state index is 0.799. The monoisotopic (exact) mass is 163 g/mol. The normalized spacial score (nSPS) is 21.7. The Morgan fingerprint density at radius 1 is 1.44 bits per heavy atom. The molecule has 1 fully saturated rings. The lowest BCUT2D eigenvalue weighted by Gasteiger charge is -2.19. The molecule has 0 N–H and O–H groups in total. The summed E-state index contributed by atoms with van der Waals surface area (Å²) in [5.41, 5.74) is 0. The van der Waals surface area contributed by atoms with Crippen LogP contribution in [-0.2, 0) is 0 Å². The van der Waals surface area contributed by atoms with Crippen LogP contribution in [0.5, 0.6) is 0 Å². The van der Waals surface area contributed by atoms with E-state index >= 15 is 0 Å². The van der Waals surface area contributed by atoms with Crippen LogP contribution in [0.15, 0.2) is 0 Å². The van der Waals surface area contributed by atoms with Crippen molar-refractivity contribution in [3.63, 3.8) is 0 Å². The molecule has 9 heavy (non-hydrogen) atoms. The second-order valence-corrected chi connectivity index (χ2v) is 3.80. The van der Waals surface area contributed by atoms with Crippen molar-refractivity contribution < 1.29 is 0 Å². The van der Waals surface area contributed by atoms with E-state index in [1.54, 1.807) is 11.0 Å². The summed E-state index contributed by atoms with van der Waals surface area (Å²) in [5, 5.41) is 0. The van der Waals surface area contributed by atoms with Gasteiger partial charge in [0.15, 0.2) is 0 Å². The first-order valence-corrected chi connectivity index (χ1v) is 5.21. The SMILES string of the molecule is CN(SS)C1CCCC1. The highest BCUT2D eigenvalue weighted by Crippen LogP contribution is 2.27. The van der Waals surface area contributed by atoms with Gasteiger partial charge in [-0.1, -0.05) is 24.5 Å². The van der Waals surface area contributed by atoms with Gasteiger partial charge in [-0.05, 0) is 30.9 Å². The van der Waals surface area contributed by atoms with Gasteiger partial charge in [0.2, 0.25) is 0 Å². The third-order valence-electron chi connectivity index (χ3n) is 1.97. The van der Waals surface area contributed by atoms with Crippen LogP contribution in [-0.4, -0.2) is 17.4 Å². The van der Waals surface area contributed by atoms with E-state index in [1.807, 2.05) is 0 Å². The first-order chi connectivity index (χ1) is 4.34. The minimum Gasteiger partial charge on any atom is -0.241 e. The largest absolute Gasteiger partial charge is 0.241 e. The maximum Gasteiger partial charge on any atom is 0.0207 e. The van der Waals surface area contributed by atoms with Gasteiger partial charge in [0.25, 0.3) is 0 Å². The Hall–Kier alpha value is 0.660. The van der Waals surface area contributed by atoms with E-state index < -0.39 is 0 Å². The highest BCUT2D eigenvalue weighted by atomic mass is 33.1. The molecule has 0 heterocycles. The molecule has 0 spiro atoms. The van der Waals surface area contributed by atoms with E-state index in [0.29, 0.717) is 0 Å². The molecule has 0 saturated heterocycles. The summed E-state index contributed by atoms with van der Waals surface area (Å²) in [6.45, 7) is 0. The van der Waals surface area contributed by atoms with Crippen LogP contribution in [0.1, 0.15) is 25.7 Å². The van der Waals surface area contributed by atoms with Crippen molar-refractivity contribution in [2.75, 3.05) is 7.05 Å². The maximum atomic E-state index is 4.13. The second-order valence-electron chi connectivity index (χ2n) is 2.57. The van der Waals surface area contributed by atoms with Gasteiger partial charge in [0.05, 0.1) is 0 Å². The molecule has 0 unspecified atom stereocenters. The fourth-order valence-corrected chi connectivity index (χ4v) is 2.08. The Bertz CT molecular complexity index is 81.1. The molecule has 54 valence electrons. The van der Waals surface area contributed by atoms with E-state index in [1.165, 1.54) is 25.7 Å². The lowest BCUT2D eigenvalue weighted by Crippen LogP contribution is -2.20. The molecular weight excluding hydrogens is 150 g/mol. The minimum absolute atomic E-state index is 0.799. The zero-order chi connectivity index (χ0) is 6.69. The first kappa shape index (κ1) is 7.76. The van der Waals surface area contributed by atoms with Crippen LogP contribution in [0, 0.1) is 0 Å². The fraction of sp³-hybridized carbons (Fsp3) is 1.00. The summed E-state index contributed by atoms with van der Waals surface area (Å²) >= 11 is 4.13. The van der Waals surface area contributed by atoms with Crippen LogP contribution in [0.3, 0.4) is 0 Å². The van der Waals surface area contributed by atoms with Crippen molar-refractivity contribution in [1.29, 1.82) is 0 Å². The maximum absolute atomic E-state index is 4.13. The summed E-state index contributed by atoms with van der Waals surface area (Å²) in [5.74, 6) is 0. The molecule has 1 rings (SSSR count). The third-order valence-corrected chi connectivity index (χ3v) is 3.30. The van der Waals surface area contributed by atoms with Gasteiger partial charge in [-0.3, -0.25) is 0 Å². The van der Waals surface area contributed by atoms with Crippen molar-refractivity contribution in [2.45, 2.75) is 31.7 Å². The predicted molar refractivity (Wildman–Crippen MR) is 46.6 cm³/mol. The zero-order valence-electron chi connectivity index (χ0n) is 5.71. The molecule has 3 heteroatoms. The summed E-state index contributed by atoms with van der Waals surface area (Å²) in [6.07, 6.45) is 5.54. The lowest BCUT2D eigenvalue weighted by atomic mass is 10.3. The van der Waals surface area contributed by atoms with Crippen molar-refractivity contribution in [3.8, 4) is 0 Å². The molecule has 0 bridgehead atoms. The average molecular weight is 163 g/mol. The Morgan fingerprint density at radius 3 is 2.44 bits per heavy atom. The second kappa shape index (κ2) is 3.74. The molecule has 1 aliphatic carbocycles. The number of thiol groups is 1. The molecule has 1 saturated carbocycles. The van der Waals surface area contributed by atoms with Gasteiger partial charge in [-0.2, -0.15) is 0 Å². The van der Waals surface area contributed by atoms with Gasteiger partial charge in [0, 0.05) is 6.04 Å². The summed E-state index contributed by atoms with van der Waals surface area (Å²) in [6, 6.07) is 0.799. The molecule has 0 atom stereocenters. The molecule has 0 aromatic rings. The molecular formula is C6H13NS2. The zero-order valence-corrected chi connectivity index (χ0v) is 7.42. The van der Waals surface area contributed by atoms with Gasteiger partial charge < -0.3 is 0 Å². The average Bonchev–Trinajstić information content (AvgIpc) is 2.37. The number of nitrogens with zero attached hydrogens (tertiary/aromatic N) is 1. The number of hydrogen-bond acceptors (Lipinski definition) is 3. The summed E-state index contributed by atoms with van der Waals surface area (Å²) < 4.78 is 2.25. The molecule has 1 nitrogen and oxygen atoms in total. The summed E-state index contributed by atoms with van der Waals surface area (Å²) in [4.78, 5) is 0. The quantitative estimate of drug-likeness (QED) is 0.378. The molecule has 1 aliphatic rings. The molecule has 0 radical (unpaired) electrons. The Kier molecular flexibility index (Phi) is 3.22. The molecule has 0 aliphatic heterocycles. The van der Waals surface area contributed by atoms with E-state index in [4.69, 9.17) is 0 Å². The van der Waals surface area contributed by atoms with Gasteiger partial charge in [0.1, 0.15) is 0 Å². The molecule has 0 aromatic carbocycles. The predicted octanol–water partition coefficient (Wildman–Crippen LogP) is 2.35. The van der Waals surface area contributed by atoms with Crippen LogP contribution in [0.25, 0.3) is 0 Å². The van der Waals surface area contributed by atoms with Crippen molar-refractivity contribution >= 4 is 22.6 Å². The van der Waals surface area contributed by atoms with Gasteiger partial charge in [-0.15, -0.1) is 0 Å². The van der Waals surface area contributed by atoms with Crippen molar-refractivity contribution in [1.82, 2.24) is 4.31 Å². The van der Waals surface area contributed by atoms with E-state index in [0.717, 1.165) is 6.04 Å². The molecule has 0 amide bonds. The van der Waals surface area contributed by atoms with Crippen LogP contribution in [0.4, 0.5) is 0 Å². The third kappa shape index (κ3) is 2.06. The van der Waals surface area contributed by atoms with E-state index in [2.05, 4.69) is 23.0 Å². The Balaban J connectivity index is 2.24. The Morgan fingerprint density at radius 2 is 2.00 bits per heavy atom. The van der Waals surface area contributed by atoms with Crippen LogP contribution >= 0.6 is 22.6 Å². The van der Waals surface area contributed by atoms with E-state index in [9.17, 15) is 0 Å². The van der Waals surface area contributed by atoms with Crippen LogP contribution < -0.4 is 0 Å². The smallest absolute Gasteiger partial charge is 0.0207 e. The van der Waals surface area contributed by atoms with Crippen LogP contribution in [0.2, 0.25) is 0 Å². The lowest BCUT2D eigenvalue weighted by molar-refractivity contribution is 0.419. The van der Waals surface area contributed by atoms with Crippen molar-refractivity contribution in [2.24, 2.45) is 0 Å². The van der Waals surface area contributed by atoms with E-state index in [-0.39, 0.29) is 0 Å². The number of hydrogen-bond donors (Lipinski definition) is 1. The Labute approximate surface area is 66.1 Å². The first-order valence-electron chi connectivity index (χ1n) is 3.39. The summed E-state index contributed by atoms with van der Waals surface area (Å²) in [7, 11) is 3.67. The standard InChI is InChI=1S/C6H13NS2/c1-7(9-8)6-4-2-3-5-6/h6,8H,2-5H2,1H3. The van der Waals surface area contributed by atoms with Crippen molar-refractivity contribution in [3.05, 3.63) is 0 Å². The highest BCUT2D eigenvalue weighted by Gasteiger charge is 2.18. The van der Waals surface area contributed by atoms with Gasteiger partial charge >= 0.3 is 0 Å².